The molecule has 0 fully saturated rings. The molecule has 0 radical (unpaired) electrons. The minimum Gasteiger partial charge on any atom is -0.354 e. The van der Waals surface area contributed by atoms with E-state index in [0.717, 1.165) is 29.0 Å². The van der Waals surface area contributed by atoms with Crippen molar-refractivity contribution in [1.82, 2.24) is 10.2 Å². The van der Waals surface area contributed by atoms with Gasteiger partial charge in [0, 0.05) is 13.1 Å². The van der Waals surface area contributed by atoms with Crippen molar-refractivity contribution in [2.24, 2.45) is 0 Å². The van der Waals surface area contributed by atoms with Gasteiger partial charge in [0.25, 0.3) is 0 Å². The Bertz CT molecular complexity index is 1170. The highest BCUT2D eigenvalue weighted by atomic mass is 35.5. The van der Waals surface area contributed by atoms with Crippen molar-refractivity contribution >= 4 is 50.7 Å². The summed E-state index contributed by atoms with van der Waals surface area (Å²) in [7, 11) is -3.80. The summed E-state index contributed by atoms with van der Waals surface area (Å²) >= 11 is 12.2. The number of hydrogen-bond acceptors (Lipinski definition) is 4. The highest BCUT2D eigenvalue weighted by molar-refractivity contribution is 7.92. The largest absolute Gasteiger partial charge is 0.354 e. The number of nitrogens with one attached hydrogen (secondary N) is 1. The van der Waals surface area contributed by atoms with Crippen molar-refractivity contribution < 1.29 is 18.0 Å². The molecule has 0 spiro atoms. The standard InChI is InChI=1S/C26H35Cl2N3O4S/c1-6-7-14-29-26(33)19(4)30(16-20-12-13-22(27)23(28)15-20)25(32)17-31(36(5,34)35)24-11-9-8-10-21(24)18(2)3/h8-13,15,18-19H,6-7,14,16-17H2,1-5H3,(H,29,33)/t19-/m0/s1. The maximum Gasteiger partial charge on any atom is 0.244 e. The van der Waals surface area contributed by atoms with Crippen molar-refractivity contribution in [3.8, 4) is 0 Å². The van der Waals surface area contributed by atoms with Crippen LogP contribution in [0.25, 0.3) is 0 Å². The fourth-order valence-electron chi connectivity index (χ4n) is 3.75. The predicted molar refractivity (Wildman–Crippen MR) is 147 cm³/mol. The monoisotopic (exact) mass is 555 g/mol. The second kappa shape index (κ2) is 13.3. The molecule has 198 valence electrons. The topological polar surface area (TPSA) is 86.8 Å². The van der Waals surface area contributed by atoms with Crippen LogP contribution in [0.3, 0.4) is 0 Å². The van der Waals surface area contributed by atoms with E-state index >= 15 is 0 Å². The van der Waals surface area contributed by atoms with Crippen LogP contribution in [0, 0.1) is 0 Å². The summed E-state index contributed by atoms with van der Waals surface area (Å²) in [5, 5.41) is 3.55. The number of unbranched alkanes of at least 4 members (excludes halogenated alkanes) is 1. The fourth-order valence-corrected chi connectivity index (χ4v) is 4.94. The molecule has 0 heterocycles. The molecule has 0 unspecified atom stereocenters. The SMILES string of the molecule is CCCCNC(=O)[C@H](C)N(Cc1ccc(Cl)c(Cl)c1)C(=O)CN(c1ccccc1C(C)C)S(C)(=O)=O. The first-order valence-corrected chi connectivity index (χ1v) is 14.5. The van der Waals surface area contributed by atoms with E-state index in [9.17, 15) is 18.0 Å². The van der Waals surface area contributed by atoms with Crippen molar-refractivity contribution in [2.45, 2.75) is 59.0 Å². The minimum absolute atomic E-state index is 0.0381. The van der Waals surface area contributed by atoms with E-state index in [-0.39, 0.29) is 18.4 Å². The van der Waals surface area contributed by atoms with Gasteiger partial charge in [0.1, 0.15) is 12.6 Å². The van der Waals surface area contributed by atoms with Crippen LogP contribution in [0.15, 0.2) is 42.5 Å². The molecular formula is C26H35Cl2N3O4S. The average molecular weight is 557 g/mol. The Balaban J connectivity index is 2.44. The van der Waals surface area contributed by atoms with Gasteiger partial charge in [0.15, 0.2) is 0 Å². The number of nitrogens with zero attached hydrogens (tertiary/aromatic N) is 2. The molecule has 10 heteroatoms. The van der Waals surface area contributed by atoms with Crippen LogP contribution >= 0.6 is 23.2 Å². The molecule has 36 heavy (non-hydrogen) atoms. The van der Waals surface area contributed by atoms with Crippen LogP contribution in [0.2, 0.25) is 10.0 Å². The zero-order chi connectivity index (χ0) is 27.0. The number of anilines is 1. The normalized spacial score (nSPS) is 12.3. The molecular weight excluding hydrogens is 521 g/mol. The second-order valence-corrected chi connectivity index (χ2v) is 11.8. The Labute approximate surface area is 224 Å². The van der Waals surface area contributed by atoms with Gasteiger partial charge in [-0.05, 0) is 48.6 Å². The van der Waals surface area contributed by atoms with Crippen molar-refractivity contribution in [3.05, 3.63) is 63.6 Å². The number of benzene rings is 2. The molecule has 0 aliphatic carbocycles. The summed E-state index contributed by atoms with van der Waals surface area (Å²) in [6, 6.07) is 11.2. The second-order valence-electron chi connectivity index (χ2n) is 9.07. The van der Waals surface area contributed by atoms with Crippen LogP contribution in [-0.4, -0.2) is 50.5 Å². The van der Waals surface area contributed by atoms with E-state index in [4.69, 9.17) is 23.2 Å². The summed E-state index contributed by atoms with van der Waals surface area (Å²) in [4.78, 5) is 27.9. The first-order chi connectivity index (χ1) is 16.9. The summed E-state index contributed by atoms with van der Waals surface area (Å²) in [5.41, 5.74) is 1.91. The number of amides is 2. The molecule has 0 bridgehead atoms. The number of rotatable bonds is 12. The van der Waals surface area contributed by atoms with E-state index in [1.807, 2.05) is 32.9 Å². The van der Waals surface area contributed by atoms with Gasteiger partial charge in [0.2, 0.25) is 21.8 Å². The number of carbonyl (C=O) groups excluding carboxylic acids is 2. The van der Waals surface area contributed by atoms with Crippen LogP contribution in [-0.2, 0) is 26.2 Å². The molecule has 7 nitrogen and oxygen atoms in total. The van der Waals surface area contributed by atoms with Crippen molar-refractivity contribution in [2.75, 3.05) is 23.7 Å². The van der Waals surface area contributed by atoms with Crippen LogP contribution in [0.1, 0.15) is 57.6 Å². The van der Waals surface area contributed by atoms with Crippen LogP contribution in [0.4, 0.5) is 5.69 Å². The van der Waals surface area contributed by atoms with Gasteiger partial charge in [-0.2, -0.15) is 0 Å². The lowest BCUT2D eigenvalue weighted by Crippen LogP contribution is -2.51. The van der Waals surface area contributed by atoms with Gasteiger partial charge in [-0.15, -0.1) is 0 Å². The number of carbonyl (C=O) groups is 2. The predicted octanol–water partition coefficient (Wildman–Crippen LogP) is 5.22. The van der Waals surface area contributed by atoms with Crippen LogP contribution < -0.4 is 9.62 Å². The Morgan fingerprint density at radius 2 is 1.69 bits per heavy atom. The third-order valence-electron chi connectivity index (χ3n) is 5.84. The van der Waals surface area contributed by atoms with Gasteiger partial charge in [0.05, 0.1) is 22.0 Å². The first-order valence-electron chi connectivity index (χ1n) is 11.9. The fraction of sp³-hybridized carbons (Fsp3) is 0.462. The first kappa shape index (κ1) is 29.9. The Kier molecular flexibility index (Phi) is 11.1. The number of hydrogen-bond donors (Lipinski definition) is 1. The third-order valence-corrected chi connectivity index (χ3v) is 7.71. The van der Waals surface area contributed by atoms with Crippen LogP contribution in [0.5, 0.6) is 0 Å². The quantitative estimate of drug-likeness (QED) is 0.364. The van der Waals surface area contributed by atoms with Gasteiger partial charge in [-0.3, -0.25) is 13.9 Å². The number of para-hydroxylation sites is 1. The Morgan fingerprint density at radius 3 is 2.28 bits per heavy atom. The molecule has 0 saturated carbocycles. The number of sulfonamides is 1. The summed E-state index contributed by atoms with van der Waals surface area (Å²) < 4.78 is 26.8. The Morgan fingerprint density at radius 1 is 1.03 bits per heavy atom. The molecule has 1 N–H and O–H groups in total. The molecule has 2 amide bonds. The van der Waals surface area contributed by atoms with Gasteiger partial charge >= 0.3 is 0 Å². The molecule has 2 aromatic rings. The molecule has 2 aromatic carbocycles. The molecule has 1 atom stereocenters. The van der Waals surface area contributed by atoms with E-state index in [0.29, 0.717) is 27.8 Å². The molecule has 2 rings (SSSR count). The van der Waals surface area contributed by atoms with Gasteiger partial charge in [-0.1, -0.05) is 74.7 Å². The highest BCUT2D eigenvalue weighted by Gasteiger charge is 2.31. The molecule has 0 aliphatic heterocycles. The maximum atomic E-state index is 13.7. The maximum absolute atomic E-state index is 13.7. The Hall–Kier alpha value is -2.29. The molecule has 0 saturated heterocycles. The smallest absolute Gasteiger partial charge is 0.244 e. The van der Waals surface area contributed by atoms with E-state index in [1.54, 1.807) is 37.3 Å². The van der Waals surface area contributed by atoms with Crippen molar-refractivity contribution in [1.29, 1.82) is 0 Å². The van der Waals surface area contributed by atoms with E-state index in [2.05, 4.69) is 5.32 Å². The zero-order valence-corrected chi connectivity index (χ0v) is 23.8. The molecule has 0 aromatic heterocycles. The lowest BCUT2D eigenvalue weighted by Gasteiger charge is -2.32. The lowest BCUT2D eigenvalue weighted by molar-refractivity contribution is -0.139. The van der Waals surface area contributed by atoms with Crippen molar-refractivity contribution in [3.63, 3.8) is 0 Å². The summed E-state index contributed by atoms with van der Waals surface area (Å²) in [6.07, 6.45) is 2.80. The van der Waals surface area contributed by atoms with Gasteiger partial charge in [-0.25, -0.2) is 8.42 Å². The number of halogens is 2. The van der Waals surface area contributed by atoms with Gasteiger partial charge < -0.3 is 10.2 Å². The van der Waals surface area contributed by atoms with E-state index < -0.39 is 28.5 Å². The minimum atomic E-state index is -3.80. The average Bonchev–Trinajstić information content (AvgIpc) is 2.81. The molecule has 0 aliphatic rings. The zero-order valence-electron chi connectivity index (χ0n) is 21.4. The highest BCUT2D eigenvalue weighted by Crippen LogP contribution is 2.29. The van der Waals surface area contributed by atoms with E-state index in [1.165, 1.54) is 4.90 Å². The lowest BCUT2D eigenvalue weighted by atomic mass is 10.0. The third kappa shape index (κ3) is 8.11. The summed E-state index contributed by atoms with van der Waals surface area (Å²) in [5.74, 6) is -0.787. The summed E-state index contributed by atoms with van der Waals surface area (Å²) in [6.45, 7) is 7.67.